The molecule has 5 aromatic carbocycles. The number of aromatic nitrogens is 4. The molecular formula is C55H67N4+. The Hall–Kier alpha value is -5.48. The number of benzene rings is 5. The molecule has 4 heteroatoms. The van der Waals surface area contributed by atoms with E-state index in [-0.39, 0.29) is 10.8 Å². The van der Waals surface area contributed by atoms with Crippen LogP contribution in [0.3, 0.4) is 0 Å². The van der Waals surface area contributed by atoms with Crippen molar-refractivity contribution in [1.82, 2.24) is 14.1 Å². The van der Waals surface area contributed by atoms with Crippen LogP contribution in [-0.4, -0.2) is 14.1 Å². The predicted molar refractivity (Wildman–Crippen MR) is 251 cm³/mol. The maximum atomic E-state index is 4.68. The van der Waals surface area contributed by atoms with E-state index in [0.29, 0.717) is 6.04 Å². The molecule has 4 nitrogen and oxygen atoms in total. The smallest absolute Gasteiger partial charge is 0.294 e. The number of imidazole rings is 2. The minimum absolute atomic E-state index is 0.0390. The lowest BCUT2D eigenvalue weighted by atomic mass is 9.77. The summed E-state index contributed by atoms with van der Waals surface area (Å²) in [6, 6.07) is 35.8. The summed E-state index contributed by atoms with van der Waals surface area (Å²) < 4.78 is 7.11. The van der Waals surface area contributed by atoms with E-state index in [1.165, 1.54) is 78.4 Å². The van der Waals surface area contributed by atoms with Crippen molar-refractivity contribution < 1.29 is 4.57 Å². The molecule has 0 unspecified atom stereocenters. The maximum Gasteiger partial charge on any atom is 0.294 e. The Morgan fingerprint density at radius 3 is 1.63 bits per heavy atom. The van der Waals surface area contributed by atoms with Crippen LogP contribution in [0.2, 0.25) is 0 Å². The molecule has 2 heterocycles. The molecule has 59 heavy (non-hydrogen) atoms. The summed E-state index contributed by atoms with van der Waals surface area (Å²) in [7, 11) is 0. The van der Waals surface area contributed by atoms with Crippen LogP contribution in [0, 0.1) is 27.7 Å². The van der Waals surface area contributed by atoms with Gasteiger partial charge in [0.1, 0.15) is 23.9 Å². The second kappa shape index (κ2) is 17.4. The van der Waals surface area contributed by atoms with Crippen molar-refractivity contribution in [2.24, 2.45) is 0 Å². The van der Waals surface area contributed by atoms with Crippen LogP contribution in [-0.2, 0) is 23.7 Å². The van der Waals surface area contributed by atoms with E-state index in [1.54, 1.807) is 0 Å². The summed E-state index contributed by atoms with van der Waals surface area (Å²) in [5.74, 6) is 2.25. The third-order valence-corrected chi connectivity index (χ3v) is 11.4. The zero-order valence-electron chi connectivity index (χ0n) is 38.3. The van der Waals surface area contributed by atoms with Crippen LogP contribution in [0.5, 0.6) is 0 Å². The highest BCUT2D eigenvalue weighted by Crippen LogP contribution is 2.40. The molecule has 7 rings (SSSR count). The first-order valence-electron chi connectivity index (χ1n) is 21.6. The van der Waals surface area contributed by atoms with Gasteiger partial charge in [-0.05, 0) is 111 Å². The van der Waals surface area contributed by atoms with Gasteiger partial charge in [-0.25, -0.2) is 9.55 Å². The van der Waals surface area contributed by atoms with E-state index in [0.717, 1.165) is 24.2 Å². The summed E-state index contributed by atoms with van der Waals surface area (Å²) in [4.78, 5) is 4.68. The minimum Gasteiger partial charge on any atom is -0.299 e. The average molecular weight is 784 g/mol. The highest BCUT2D eigenvalue weighted by atomic mass is 15.2. The van der Waals surface area contributed by atoms with E-state index >= 15 is 0 Å². The first-order valence-corrected chi connectivity index (χ1v) is 21.6. The highest BCUT2D eigenvalue weighted by molar-refractivity contribution is 5.72. The van der Waals surface area contributed by atoms with E-state index in [2.05, 4.69) is 225 Å². The zero-order chi connectivity index (χ0) is 42.8. The van der Waals surface area contributed by atoms with Gasteiger partial charge in [0.15, 0.2) is 0 Å². The van der Waals surface area contributed by atoms with Crippen molar-refractivity contribution in [3.63, 3.8) is 0 Å². The van der Waals surface area contributed by atoms with Crippen LogP contribution in [0.1, 0.15) is 120 Å². The molecule has 2 aromatic heterocycles. The van der Waals surface area contributed by atoms with Gasteiger partial charge in [-0.3, -0.25) is 4.57 Å². The van der Waals surface area contributed by atoms with Gasteiger partial charge >= 0.3 is 0 Å². The van der Waals surface area contributed by atoms with Gasteiger partial charge in [0.25, 0.3) is 5.82 Å². The number of nitrogens with zero attached hydrogens (tertiary/aromatic N) is 4. The quantitative estimate of drug-likeness (QED) is 0.141. The molecule has 0 spiro atoms. The third-order valence-electron chi connectivity index (χ3n) is 11.4. The van der Waals surface area contributed by atoms with Crippen molar-refractivity contribution in [1.29, 1.82) is 0 Å². The van der Waals surface area contributed by atoms with Crippen LogP contribution in [0.15, 0.2) is 122 Å². The van der Waals surface area contributed by atoms with Gasteiger partial charge in [0, 0.05) is 29.1 Å². The van der Waals surface area contributed by atoms with Crippen molar-refractivity contribution in [2.75, 3.05) is 0 Å². The van der Waals surface area contributed by atoms with Crippen molar-refractivity contribution in [3.8, 4) is 45.3 Å². The van der Waals surface area contributed by atoms with Crippen LogP contribution in [0.25, 0.3) is 45.3 Å². The van der Waals surface area contributed by atoms with Crippen molar-refractivity contribution in [3.05, 3.63) is 166 Å². The average Bonchev–Trinajstić information content (AvgIpc) is 3.85. The molecule has 0 radical (unpaired) electrons. The molecule has 306 valence electrons. The topological polar surface area (TPSA) is 26.6 Å². The lowest BCUT2D eigenvalue weighted by Crippen LogP contribution is -2.37. The van der Waals surface area contributed by atoms with Crippen LogP contribution < -0.4 is 4.57 Å². The Balaban J connectivity index is 0.000000198. The Morgan fingerprint density at radius 1 is 0.576 bits per heavy atom. The molecule has 0 saturated heterocycles. The fourth-order valence-electron chi connectivity index (χ4n) is 8.48. The lowest BCUT2D eigenvalue weighted by molar-refractivity contribution is -0.704. The SMILES string of the molecule is CCc1cc(-c2cc(C)cc(C)c2)cc(CC)c1-n1ccnc1-c1ccccc1.Cc1cc(C(C)(C)C)c(-n2cc[n+](C(C)C)c2-c2ccccc2C)c(C(C)(C)C)c1. The summed E-state index contributed by atoms with van der Waals surface area (Å²) in [6.45, 7) is 31.7. The number of hydrogen-bond acceptors (Lipinski definition) is 1. The Labute approximate surface area is 355 Å². The van der Waals surface area contributed by atoms with Crippen LogP contribution >= 0.6 is 0 Å². The van der Waals surface area contributed by atoms with E-state index < -0.39 is 0 Å². The summed E-state index contributed by atoms with van der Waals surface area (Å²) in [6.07, 6.45) is 10.5. The molecule has 0 N–H and O–H groups in total. The van der Waals surface area contributed by atoms with Gasteiger partial charge in [-0.2, -0.15) is 4.57 Å². The first kappa shape index (κ1) is 43.1. The van der Waals surface area contributed by atoms with E-state index in [9.17, 15) is 0 Å². The molecule has 7 aromatic rings. The van der Waals surface area contributed by atoms with Gasteiger partial charge in [-0.15, -0.1) is 0 Å². The fraction of sp³-hybridized carbons (Fsp3) is 0.345. The Bertz CT molecular complexity index is 2470. The number of rotatable bonds is 8. The van der Waals surface area contributed by atoms with Crippen molar-refractivity contribution >= 4 is 0 Å². The highest BCUT2D eigenvalue weighted by Gasteiger charge is 2.34. The fourth-order valence-corrected chi connectivity index (χ4v) is 8.48. The van der Waals surface area contributed by atoms with Gasteiger partial charge < -0.3 is 0 Å². The molecule has 0 bridgehead atoms. The Kier molecular flexibility index (Phi) is 12.7. The molecule has 0 aliphatic carbocycles. The third kappa shape index (κ3) is 9.23. The first-order chi connectivity index (χ1) is 27.9. The monoisotopic (exact) mass is 784 g/mol. The van der Waals surface area contributed by atoms with E-state index in [1.807, 2.05) is 12.3 Å². The van der Waals surface area contributed by atoms with Gasteiger partial charge in [0.05, 0.1) is 17.3 Å². The van der Waals surface area contributed by atoms with Gasteiger partial charge in [0.2, 0.25) is 0 Å². The summed E-state index contributed by atoms with van der Waals surface area (Å²) in [5.41, 5.74) is 18.5. The van der Waals surface area contributed by atoms with Crippen LogP contribution in [0.4, 0.5) is 0 Å². The summed E-state index contributed by atoms with van der Waals surface area (Å²) in [5, 5.41) is 0. The molecule has 0 aliphatic heterocycles. The largest absolute Gasteiger partial charge is 0.299 e. The molecule has 0 fully saturated rings. The molecule has 0 saturated carbocycles. The Morgan fingerprint density at radius 2 is 1.10 bits per heavy atom. The predicted octanol–water partition coefficient (Wildman–Crippen LogP) is 14.2. The van der Waals surface area contributed by atoms with Gasteiger partial charge in [-0.1, -0.05) is 151 Å². The zero-order valence-corrected chi connectivity index (χ0v) is 38.3. The summed E-state index contributed by atoms with van der Waals surface area (Å²) >= 11 is 0. The number of aryl methyl sites for hydroxylation is 6. The second-order valence-corrected chi connectivity index (χ2v) is 18.7. The standard InChI is InChI=1S/C28H39N2.C27H28N2/c1-19(2)29-15-16-30(26(29)22-14-12-11-13-21(22)4)25-23(27(5,6)7)17-20(3)18-24(25)28(8,9)10;1-5-21-17-25(24-15-19(3)14-20(4)16-24)18-22(6-2)26(21)29-13-12-28-27(29)23-10-8-7-9-11-23/h11-19H,1-10H3;7-18H,5-6H2,1-4H3/q+1;. The molecule has 0 aliphatic rings. The molecule has 0 atom stereocenters. The van der Waals surface area contributed by atoms with Crippen molar-refractivity contribution in [2.45, 2.75) is 127 Å². The molecular weight excluding hydrogens is 717 g/mol. The maximum absolute atomic E-state index is 4.68. The lowest BCUT2D eigenvalue weighted by Gasteiger charge is -2.29. The van der Waals surface area contributed by atoms with E-state index in [4.69, 9.17) is 0 Å². The molecule has 0 amide bonds. The number of hydrogen-bond donors (Lipinski definition) is 0. The second-order valence-electron chi connectivity index (χ2n) is 18.7. The minimum atomic E-state index is 0.0390. The normalized spacial score (nSPS) is 11.8.